The molecule has 0 aromatic heterocycles. The van der Waals surface area contributed by atoms with E-state index in [1.807, 2.05) is 18.2 Å². The normalized spacial score (nSPS) is 19.2. The fraction of sp³-hybridized carbons (Fsp3) is 0.208. The first kappa shape index (κ1) is 22.6. The van der Waals surface area contributed by atoms with Crippen LogP contribution in [-0.2, 0) is 40.6 Å². The molecule has 1 amide bonds. The Kier molecular flexibility index (Phi) is 5.99. The first-order valence-corrected chi connectivity index (χ1v) is 11.0. The molecule has 2 aliphatic heterocycles. The second-order valence-corrected chi connectivity index (χ2v) is 8.36. The summed E-state index contributed by atoms with van der Waals surface area (Å²) in [6.07, 6.45) is 0. The molecule has 2 aromatic carbocycles. The lowest BCUT2D eigenvalue weighted by atomic mass is 9.67. The van der Waals surface area contributed by atoms with Crippen molar-refractivity contribution in [2.75, 3.05) is 11.9 Å². The molecule has 0 fully saturated rings. The molecule has 4 rings (SSSR count). The highest BCUT2D eigenvalue weighted by atomic mass is 79.9. The number of allylic oxidation sites excluding steroid dienone is 1. The zero-order valence-corrected chi connectivity index (χ0v) is 19.5. The van der Waals surface area contributed by atoms with E-state index < -0.39 is 23.3 Å². The standard InChI is InChI=1S/C24H21BrN2O6/c1-3-31-22(29)19-20(26)33-13(2)18(21(28)32-12-14-7-5-4-6-8-14)24(19)16-11-15(25)9-10-17(16)27-23(24)30/h4-11H,3,12,26H2,1-2H3,(H,27,30). The molecule has 9 heteroatoms. The van der Waals surface area contributed by atoms with E-state index in [0.717, 1.165) is 5.56 Å². The number of amides is 1. The van der Waals surface area contributed by atoms with Gasteiger partial charge in [0.2, 0.25) is 11.8 Å². The quantitative estimate of drug-likeness (QED) is 0.589. The summed E-state index contributed by atoms with van der Waals surface area (Å²) in [7, 11) is 0. The van der Waals surface area contributed by atoms with Gasteiger partial charge < -0.3 is 25.3 Å². The number of carbonyl (C=O) groups is 3. The van der Waals surface area contributed by atoms with Crippen molar-refractivity contribution < 1.29 is 28.6 Å². The van der Waals surface area contributed by atoms with Crippen molar-refractivity contribution >= 4 is 39.5 Å². The van der Waals surface area contributed by atoms with Crippen LogP contribution in [-0.4, -0.2) is 24.5 Å². The van der Waals surface area contributed by atoms with Crippen LogP contribution in [0.3, 0.4) is 0 Å². The Morgan fingerprint density at radius 2 is 1.79 bits per heavy atom. The number of nitrogens with one attached hydrogen (secondary N) is 1. The first-order valence-electron chi connectivity index (χ1n) is 10.2. The maximum atomic E-state index is 13.6. The number of hydrogen-bond donors (Lipinski definition) is 2. The number of fused-ring (bicyclic) bond motifs is 2. The number of rotatable bonds is 5. The molecule has 1 atom stereocenters. The van der Waals surface area contributed by atoms with Crippen LogP contribution in [0.2, 0.25) is 0 Å². The molecule has 8 nitrogen and oxygen atoms in total. The molecule has 1 unspecified atom stereocenters. The number of anilines is 1. The number of halogens is 1. The van der Waals surface area contributed by atoms with E-state index in [1.165, 1.54) is 6.92 Å². The van der Waals surface area contributed by atoms with Crippen LogP contribution in [0, 0.1) is 0 Å². The zero-order chi connectivity index (χ0) is 23.8. The van der Waals surface area contributed by atoms with Crippen molar-refractivity contribution in [1.82, 2.24) is 0 Å². The maximum Gasteiger partial charge on any atom is 0.341 e. The maximum absolute atomic E-state index is 13.6. The Balaban J connectivity index is 1.89. The third-order valence-electron chi connectivity index (χ3n) is 5.48. The summed E-state index contributed by atoms with van der Waals surface area (Å²) in [6.45, 7) is 3.13. The SMILES string of the molecule is CCOC(=O)C1=C(N)OC(C)=C(C(=O)OCc2ccccc2)C12C(=O)Nc1ccc(Br)cc12. The van der Waals surface area contributed by atoms with Crippen LogP contribution in [0.1, 0.15) is 25.0 Å². The molecule has 170 valence electrons. The highest BCUT2D eigenvalue weighted by Crippen LogP contribution is 2.53. The molecule has 1 spiro atoms. The summed E-state index contributed by atoms with van der Waals surface area (Å²) in [5.74, 6) is -2.56. The number of ether oxygens (including phenoxy) is 3. The number of benzene rings is 2. The highest BCUT2D eigenvalue weighted by molar-refractivity contribution is 9.10. The first-order chi connectivity index (χ1) is 15.8. The molecule has 3 N–H and O–H groups in total. The number of nitrogens with two attached hydrogens (primary N) is 1. The molecule has 2 heterocycles. The molecular weight excluding hydrogens is 492 g/mol. The fourth-order valence-corrected chi connectivity index (χ4v) is 4.52. The van der Waals surface area contributed by atoms with Crippen molar-refractivity contribution in [2.45, 2.75) is 25.9 Å². The van der Waals surface area contributed by atoms with E-state index in [1.54, 1.807) is 37.3 Å². The van der Waals surface area contributed by atoms with Gasteiger partial charge in [-0.25, -0.2) is 9.59 Å². The lowest BCUT2D eigenvalue weighted by molar-refractivity contribution is -0.144. The largest absolute Gasteiger partial charge is 0.462 e. The van der Waals surface area contributed by atoms with Crippen LogP contribution >= 0.6 is 15.9 Å². The highest BCUT2D eigenvalue weighted by Gasteiger charge is 2.61. The molecule has 2 aromatic rings. The van der Waals surface area contributed by atoms with Gasteiger partial charge in [-0.15, -0.1) is 0 Å². The van der Waals surface area contributed by atoms with Crippen molar-refractivity contribution in [3.63, 3.8) is 0 Å². The van der Waals surface area contributed by atoms with Gasteiger partial charge in [0.25, 0.3) is 0 Å². The van der Waals surface area contributed by atoms with E-state index in [0.29, 0.717) is 15.7 Å². The Hall–Kier alpha value is -3.59. The topological polar surface area (TPSA) is 117 Å². The fourth-order valence-electron chi connectivity index (χ4n) is 4.16. The van der Waals surface area contributed by atoms with E-state index in [2.05, 4.69) is 21.2 Å². The van der Waals surface area contributed by atoms with Gasteiger partial charge in [0, 0.05) is 15.7 Å². The zero-order valence-electron chi connectivity index (χ0n) is 17.9. The molecule has 0 aliphatic carbocycles. The molecule has 0 saturated heterocycles. The van der Waals surface area contributed by atoms with Gasteiger partial charge in [0.15, 0.2) is 0 Å². The Labute approximate surface area is 198 Å². The molecule has 0 radical (unpaired) electrons. The lowest BCUT2D eigenvalue weighted by Crippen LogP contribution is -2.48. The Morgan fingerprint density at radius 1 is 1.09 bits per heavy atom. The number of carbonyl (C=O) groups excluding carboxylic acids is 3. The summed E-state index contributed by atoms with van der Waals surface area (Å²) in [5.41, 5.74) is 5.37. The summed E-state index contributed by atoms with van der Waals surface area (Å²) < 4.78 is 17.0. The van der Waals surface area contributed by atoms with Crippen LogP contribution in [0.4, 0.5) is 5.69 Å². The second kappa shape index (κ2) is 8.74. The molecule has 0 saturated carbocycles. The average molecular weight is 513 g/mol. The van der Waals surface area contributed by atoms with Gasteiger partial charge in [-0.05, 0) is 37.6 Å². The van der Waals surface area contributed by atoms with Gasteiger partial charge in [-0.3, -0.25) is 4.79 Å². The van der Waals surface area contributed by atoms with Crippen molar-refractivity contribution in [3.8, 4) is 0 Å². The summed E-state index contributed by atoms with van der Waals surface area (Å²) in [5, 5.41) is 2.76. The molecule has 2 aliphatic rings. The minimum absolute atomic E-state index is 0.0343. The predicted octanol–water partition coefficient (Wildman–Crippen LogP) is 3.42. The van der Waals surface area contributed by atoms with E-state index in [9.17, 15) is 14.4 Å². The monoisotopic (exact) mass is 512 g/mol. The summed E-state index contributed by atoms with van der Waals surface area (Å²) >= 11 is 3.41. The Bertz CT molecular complexity index is 1220. The van der Waals surface area contributed by atoms with E-state index >= 15 is 0 Å². The van der Waals surface area contributed by atoms with Crippen LogP contribution < -0.4 is 11.1 Å². The van der Waals surface area contributed by atoms with Gasteiger partial charge in [-0.2, -0.15) is 0 Å². The van der Waals surface area contributed by atoms with Gasteiger partial charge in [0.05, 0.1) is 6.61 Å². The van der Waals surface area contributed by atoms with Crippen molar-refractivity contribution in [3.05, 3.63) is 86.9 Å². The third-order valence-corrected chi connectivity index (χ3v) is 5.98. The van der Waals surface area contributed by atoms with E-state index in [-0.39, 0.29) is 36.0 Å². The predicted molar refractivity (Wildman–Crippen MR) is 122 cm³/mol. The lowest BCUT2D eigenvalue weighted by Gasteiger charge is -2.35. The van der Waals surface area contributed by atoms with Crippen LogP contribution in [0.5, 0.6) is 0 Å². The average Bonchev–Trinajstić information content (AvgIpc) is 3.04. The summed E-state index contributed by atoms with van der Waals surface area (Å²) in [6, 6.07) is 14.2. The number of esters is 2. The second-order valence-electron chi connectivity index (χ2n) is 7.45. The molecular formula is C24H21BrN2O6. The van der Waals surface area contributed by atoms with E-state index in [4.69, 9.17) is 19.9 Å². The van der Waals surface area contributed by atoms with Crippen molar-refractivity contribution in [2.24, 2.45) is 5.73 Å². The molecule has 0 bridgehead atoms. The minimum Gasteiger partial charge on any atom is -0.462 e. The van der Waals surface area contributed by atoms with Crippen LogP contribution in [0.15, 0.2) is 75.8 Å². The Morgan fingerprint density at radius 3 is 2.48 bits per heavy atom. The minimum atomic E-state index is -1.90. The van der Waals surface area contributed by atoms with Gasteiger partial charge in [-0.1, -0.05) is 46.3 Å². The third kappa shape index (κ3) is 3.68. The van der Waals surface area contributed by atoms with Crippen LogP contribution in [0.25, 0.3) is 0 Å². The van der Waals surface area contributed by atoms with Crippen molar-refractivity contribution in [1.29, 1.82) is 0 Å². The van der Waals surface area contributed by atoms with Gasteiger partial charge in [0.1, 0.15) is 28.9 Å². The summed E-state index contributed by atoms with van der Waals surface area (Å²) in [4.78, 5) is 40.1. The smallest absolute Gasteiger partial charge is 0.341 e. The molecule has 33 heavy (non-hydrogen) atoms. The number of hydrogen-bond acceptors (Lipinski definition) is 7. The van der Waals surface area contributed by atoms with Gasteiger partial charge >= 0.3 is 11.9 Å².